The molecule has 0 fully saturated rings. The van der Waals surface area contributed by atoms with Gasteiger partial charge in [-0.2, -0.15) is 0 Å². The number of benzene rings is 3. The Bertz CT molecular complexity index is 1360. The lowest BCUT2D eigenvalue weighted by Gasteiger charge is -2.26. The van der Waals surface area contributed by atoms with Crippen LogP contribution >= 0.6 is 0 Å². The Balaban J connectivity index is 1.36. The van der Waals surface area contributed by atoms with Crippen molar-refractivity contribution in [2.24, 2.45) is 0 Å². The molecule has 2 unspecified atom stereocenters. The van der Waals surface area contributed by atoms with Crippen LogP contribution in [0.15, 0.2) is 48.5 Å². The van der Waals surface area contributed by atoms with E-state index in [4.69, 9.17) is 29.1 Å². The van der Waals surface area contributed by atoms with Crippen molar-refractivity contribution in [2.75, 3.05) is 20.3 Å². The van der Waals surface area contributed by atoms with E-state index >= 15 is 0 Å². The number of methoxy groups -OCH3 is 1. The maximum Gasteiger partial charge on any atom is 0.180 e. The van der Waals surface area contributed by atoms with E-state index in [1.807, 2.05) is 25.1 Å². The van der Waals surface area contributed by atoms with Gasteiger partial charge >= 0.3 is 0 Å². The maximum atomic E-state index is 7.82. The molecular weight excluding hydrogens is 478 g/mol. The molecule has 0 amide bonds. The molecule has 6 nitrogen and oxygen atoms in total. The van der Waals surface area contributed by atoms with Gasteiger partial charge in [0.25, 0.3) is 0 Å². The van der Waals surface area contributed by atoms with Gasteiger partial charge in [0.05, 0.1) is 13.7 Å². The zero-order chi connectivity index (χ0) is 27.0. The van der Waals surface area contributed by atoms with Crippen LogP contribution in [0.3, 0.4) is 0 Å². The Morgan fingerprint density at radius 1 is 1.08 bits per heavy atom. The Morgan fingerprint density at radius 3 is 2.66 bits per heavy atom. The van der Waals surface area contributed by atoms with Crippen LogP contribution < -0.4 is 14.2 Å². The Kier molecular flexibility index (Phi) is 7.10. The second kappa shape index (κ2) is 10.3. The molecule has 0 aliphatic carbocycles. The molecule has 5 rings (SSSR count). The zero-order valence-corrected chi connectivity index (χ0v) is 23.1. The van der Waals surface area contributed by atoms with Gasteiger partial charge in [0.1, 0.15) is 35.6 Å². The van der Waals surface area contributed by atoms with Crippen LogP contribution in [0.2, 0.25) is 0 Å². The summed E-state index contributed by atoms with van der Waals surface area (Å²) in [5.74, 6) is 2.92. The van der Waals surface area contributed by atoms with Crippen molar-refractivity contribution < 1.29 is 23.7 Å². The molecule has 0 saturated carbocycles. The van der Waals surface area contributed by atoms with Crippen LogP contribution in [0.1, 0.15) is 67.0 Å². The van der Waals surface area contributed by atoms with Gasteiger partial charge in [-0.25, -0.2) is 0 Å². The fourth-order valence-corrected chi connectivity index (χ4v) is 5.76. The first-order valence-corrected chi connectivity index (χ1v) is 13.3. The van der Waals surface area contributed by atoms with Crippen molar-refractivity contribution in [2.45, 2.75) is 65.3 Å². The van der Waals surface area contributed by atoms with Crippen molar-refractivity contribution in [3.63, 3.8) is 0 Å². The molecule has 3 aromatic rings. The molecule has 2 heterocycles. The average molecular weight is 516 g/mol. The third kappa shape index (κ3) is 4.85. The number of hydrogen-bond donors (Lipinski definition) is 1. The van der Waals surface area contributed by atoms with Crippen LogP contribution in [0, 0.1) is 19.3 Å². The van der Waals surface area contributed by atoms with Gasteiger partial charge in [-0.3, -0.25) is 5.41 Å². The highest BCUT2D eigenvalue weighted by molar-refractivity contribution is 5.75. The van der Waals surface area contributed by atoms with Crippen molar-refractivity contribution in [1.29, 1.82) is 5.41 Å². The third-order valence-electron chi connectivity index (χ3n) is 7.55. The predicted molar refractivity (Wildman–Crippen MR) is 149 cm³/mol. The smallest absolute Gasteiger partial charge is 0.180 e. The summed E-state index contributed by atoms with van der Waals surface area (Å²) in [5.41, 5.74) is 7.69. The number of ether oxygens (including phenoxy) is 5. The minimum Gasteiger partial charge on any atom is -0.492 e. The van der Waals surface area contributed by atoms with Crippen molar-refractivity contribution in [3.05, 3.63) is 76.3 Å². The predicted octanol–water partition coefficient (Wildman–Crippen LogP) is 7.29. The van der Waals surface area contributed by atoms with E-state index in [1.165, 1.54) is 23.8 Å². The highest BCUT2D eigenvalue weighted by Crippen LogP contribution is 2.50. The summed E-state index contributed by atoms with van der Waals surface area (Å²) in [6, 6.07) is 16.6. The number of aryl methyl sites for hydroxylation is 1. The molecule has 0 radical (unpaired) electrons. The second-order valence-corrected chi connectivity index (χ2v) is 10.7. The molecule has 0 saturated heterocycles. The highest BCUT2D eigenvalue weighted by atomic mass is 16.6. The number of rotatable bonds is 8. The van der Waals surface area contributed by atoms with Crippen molar-refractivity contribution in [3.8, 4) is 28.4 Å². The third-order valence-corrected chi connectivity index (χ3v) is 7.55. The molecule has 0 aromatic heterocycles. The SMILES string of the molecule is CCOC1c2c(cc(C)c(-c3cccc(COc4ccc5c(c4)OCC5CC(=N)OC)c3)c2C)OC1(C)C. The molecule has 0 bridgehead atoms. The molecule has 6 heteroatoms. The van der Waals surface area contributed by atoms with E-state index in [0.717, 1.165) is 39.5 Å². The first-order valence-electron chi connectivity index (χ1n) is 13.3. The summed E-state index contributed by atoms with van der Waals surface area (Å²) in [6.45, 7) is 12.2. The molecule has 0 spiro atoms. The van der Waals surface area contributed by atoms with E-state index in [9.17, 15) is 0 Å². The van der Waals surface area contributed by atoms with Crippen LogP contribution in [0.4, 0.5) is 0 Å². The summed E-state index contributed by atoms with van der Waals surface area (Å²) in [7, 11) is 1.53. The van der Waals surface area contributed by atoms with Gasteiger partial charge in [-0.1, -0.05) is 24.3 Å². The first-order chi connectivity index (χ1) is 18.2. The van der Waals surface area contributed by atoms with Gasteiger partial charge in [0.2, 0.25) is 0 Å². The second-order valence-electron chi connectivity index (χ2n) is 10.7. The van der Waals surface area contributed by atoms with Crippen LogP contribution in [-0.4, -0.2) is 31.8 Å². The lowest BCUT2D eigenvalue weighted by atomic mass is 9.87. The Morgan fingerprint density at radius 2 is 1.89 bits per heavy atom. The molecule has 200 valence electrons. The van der Waals surface area contributed by atoms with Gasteiger partial charge in [0.15, 0.2) is 5.90 Å². The molecule has 38 heavy (non-hydrogen) atoms. The molecule has 2 aliphatic heterocycles. The van der Waals surface area contributed by atoms with Gasteiger partial charge < -0.3 is 23.7 Å². The monoisotopic (exact) mass is 515 g/mol. The topological polar surface area (TPSA) is 70.0 Å². The Hall–Kier alpha value is -3.51. The van der Waals surface area contributed by atoms with Crippen LogP contribution in [0.25, 0.3) is 11.1 Å². The normalized spacial score (nSPS) is 18.8. The first kappa shape index (κ1) is 26.1. The number of fused-ring (bicyclic) bond motifs is 2. The minimum absolute atomic E-state index is 0.102. The quantitative estimate of drug-likeness (QED) is 0.252. The minimum atomic E-state index is -0.408. The fraction of sp³-hybridized carbons (Fsp3) is 0.406. The summed E-state index contributed by atoms with van der Waals surface area (Å²) in [6.07, 6.45) is 0.433. The van der Waals surface area contributed by atoms with E-state index in [1.54, 1.807) is 0 Å². The van der Waals surface area contributed by atoms with Gasteiger partial charge in [-0.15, -0.1) is 0 Å². The van der Waals surface area contributed by atoms with E-state index in [0.29, 0.717) is 26.2 Å². The molecule has 1 N–H and O–H groups in total. The average Bonchev–Trinajstić information content (AvgIpc) is 3.39. The number of nitrogens with one attached hydrogen (secondary N) is 1. The van der Waals surface area contributed by atoms with Crippen LogP contribution in [-0.2, 0) is 16.1 Å². The highest BCUT2D eigenvalue weighted by Gasteiger charge is 2.43. The fourth-order valence-electron chi connectivity index (χ4n) is 5.76. The van der Waals surface area contributed by atoms with Gasteiger partial charge in [-0.05, 0) is 80.6 Å². The van der Waals surface area contributed by atoms with Gasteiger partial charge in [0, 0.05) is 36.1 Å². The largest absolute Gasteiger partial charge is 0.492 e. The lowest BCUT2D eigenvalue weighted by molar-refractivity contribution is -0.0473. The molecule has 2 atom stereocenters. The lowest BCUT2D eigenvalue weighted by Crippen LogP contribution is -2.32. The zero-order valence-electron chi connectivity index (χ0n) is 23.1. The molecule has 2 aliphatic rings. The Labute approximate surface area is 225 Å². The summed E-state index contributed by atoms with van der Waals surface area (Å²) >= 11 is 0. The molecule has 3 aromatic carbocycles. The van der Waals surface area contributed by atoms with Crippen molar-refractivity contribution in [1.82, 2.24) is 0 Å². The van der Waals surface area contributed by atoms with E-state index in [2.05, 4.69) is 58.0 Å². The summed E-state index contributed by atoms with van der Waals surface area (Å²) in [5, 5.41) is 7.82. The summed E-state index contributed by atoms with van der Waals surface area (Å²) < 4.78 is 29.6. The van der Waals surface area contributed by atoms with E-state index < -0.39 is 5.60 Å². The molecular formula is C32H37NO5. The van der Waals surface area contributed by atoms with Crippen LogP contribution in [0.5, 0.6) is 17.2 Å². The van der Waals surface area contributed by atoms with E-state index in [-0.39, 0.29) is 17.9 Å². The maximum absolute atomic E-state index is 7.82. The van der Waals surface area contributed by atoms with Crippen molar-refractivity contribution >= 4 is 5.90 Å². The standard InChI is InChI=1S/C32H37NO5/c1-7-35-31-30-20(3)29(19(2)13-27(30)38-32(31,4)5)22-10-8-9-21(14-22)17-36-24-11-12-25-23(15-28(33)34-6)18-37-26(25)16-24/h8-14,16,23,31,33H,7,15,17-18H2,1-6H3. The summed E-state index contributed by atoms with van der Waals surface area (Å²) in [4.78, 5) is 0. The number of hydrogen-bond acceptors (Lipinski definition) is 6.